The zero-order chi connectivity index (χ0) is 43.8. The molecular weight excluding hydrogens is 959 g/mol. The van der Waals surface area contributed by atoms with Crippen molar-refractivity contribution in [1.29, 1.82) is 0 Å². The van der Waals surface area contributed by atoms with E-state index in [1.165, 1.54) is 39.8 Å². The molecule has 0 atom stereocenters. The standard InChI is InChI=1S/C21H22P.C18H15ClFN.C15H9ClFNO.HI/c1-18(2)22(19-12-6-3-7-13-19,20-14-8-4-9-15-20)21-16-10-5-11-17-21;1-11(2)6-14-10-21-18(19)9-15(14)13-7-12-4-3-5-17(20)16(12)8-13;16-15-6-12(11(8-19)7-18-15)10-4-9-2-1-3-14(17)13(9)5-10;/h3-18H,1-2H3;3-6,8-10H,7H2,1-2H3;1-3,5-8H,4H2;1H/q+1;;;/p-1. The van der Waals surface area contributed by atoms with Gasteiger partial charge < -0.3 is 24.0 Å². The van der Waals surface area contributed by atoms with Crippen molar-refractivity contribution in [2.24, 2.45) is 0 Å². The summed E-state index contributed by atoms with van der Waals surface area (Å²) in [4.78, 5) is 19.1. The van der Waals surface area contributed by atoms with Gasteiger partial charge in [0.1, 0.15) is 45.1 Å². The lowest BCUT2D eigenvalue weighted by atomic mass is 9.99. The van der Waals surface area contributed by atoms with Crippen molar-refractivity contribution < 1.29 is 37.6 Å². The molecule has 318 valence electrons. The molecular formula is C54H46Cl2F2IN2OP. The summed E-state index contributed by atoms with van der Waals surface area (Å²) in [5.74, 6) is -0.424. The second kappa shape index (κ2) is 21.5. The minimum absolute atomic E-state index is 0. The van der Waals surface area contributed by atoms with Crippen LogP contribution in [0.15, 0.2) is 157 Å². The average Bonchev–Trinajstić information content (AvgIpc) is 3.93. The Bertz CT molecular complexity index is 2710. The highest BCUT2D eigenvalue weighted by Gasteiger charge is 2.48. The number of hydrogen-bond donors (Lipinski definition) is 0. The van der Waals surface area contributed by atoms with E-state index in [1.54, 1.807) is 30.5 Å². The Balaban J connectivity index is 0.000000156. The van der Waals surface area contributed by atoms with Gasteiger partial charge in [-0.15, -0.1) is 0 Å². The smallest absolute Gasteiger partial charge is 0.152 e. The van der Waals surface area contributed by atoms with E-state index in [-0.39, 0.29) is 35.6 Å². The van der Waals surface area contributed by atoms with Gasteiger partial charge in [0.05, 0.1) is 5.66 Å². The molecule has 0 radical (unpaired) electrons. The summed E-state index contributed by atoms with van der Waals surface area (Å²) in [6.07, 6.45) is 11.0. The fourth-order valence-electron chi connectivity index (χ4n) is 8.29. The number of carbonyl (C=O) groups is 1. The Morgan fingerprint density at radius 2 is 1.00 bits per heavy atom. The first-order chi connectivity index (χ1) is 30.0. The predicted molar refractivity (Wildman–Crippen MR) is 259 cm³/mol. The van der Waals surface area contributed by atoms with Crippen molar-refractivity contribution in [3.63, 3.8) is 0 Å². The molecule has 7 aromatic rings. The van der Waals surface area contributed by atoms with Crippen LogP contribution >= 0.6 is 30.5 Å². The van der Waals surface area contributed by atoms with Crippen LogP contribution in [0.5, 0.6) is 0 Å². The third-order valence-corrected chi connectivity index (χ3v) is 16.3. The molecule has 0 saturated heterocycles. The van der Waals surface area contributed by atoms with Crippen LogP contribution in [-0.2, 0) is 12.8 Å². The number of nitrogens with zero attached hydrogens (tertiary/aromatic N) is 2. The van der Waals surface area contributed by atoms with Crippen LogP contribution in [0.2, 0.25) is 10.3 Å². The topological polar surface area (TPSA) is 42.9 Å². The molecule has 0 spiro atoms. The van der Waals surface area contributed by atoms with E-state index < -0.39 is 7.26 Å². The highest BCUT2D eigenvalue weighted by atomic mass is 127. The lowest BCUT2D eigenvalue weighted by Gasteiger charge is -2.31. The number of rotatable bonds is 8. The van der Waals surface area contributed by atoms with Crippen molar-refractivity contribution in [2.75, 3.05) is 0 Å². The third kappa shape index (κ3) is 10.6. The van der Waals surface area contributed by atoms with Crippen molar-refractivity contribution in [3.05, 3.63) is 224 Å². The quantitative estimate of drug-likeness (QED) is 0.0659. The Labute approximate surface area is 397 Å². The van der Waals surface area contributed by atoms with E-state index >= 15 is 0 Å². The largest absolute Gasteiger partial charge is 1.00 e. The molecule has 63 heavy (non-hydrogen) atoms. The molecule has 0 aliphatic heterocycles. The molecule has 9 rings (SSSR count). The number of aromatic nitrogens is 2. The first-order valence-electron chi connectivity index (χ1n) is 20.4. The average molecular weight is 1010 g/mol. The summed E-state index contributed by atoms with van der Waals surface area (Å²) in [6.45, 7) is 8.80. The van der Waals surface area contributed by atoms with Gasteiger partial charge in [0.25, 0.3) is 0 Å². The number of carbonyl (C=O) groups excluding carboxylic acids is 1. The monoisotopic (exact) mass is 1000 g/mol. The van der Waals surface area contributed by atoms with E-state index in [0.29, 0.717) is 44.6 Å². The second-order valence-corrected chi connectivity index (χ2v) is 20.5. The van der Waals surface area contributed by atoms with Crippen molar-refractivity contribution in [3.8, 4) is 0 Å². The summed E-state index contributed by atoms with van der Waals surface area (Å²) in [5.41, 5.74) is 10.1. The number of allylic oxidation sites excluding steroid dienone is 3. The molecule has 0 saturated carbocycles. The number of halogens is 5. The summed E-state index contributed by atoms with van der Waals surface area (Å²) in [6, 6.07) is 46.8. The van der Waals surface area contributed by atoms with Gasteiger partial charge in [-0.05, 0) is 147 Å². The normalized spacial score (nSPS) is 12.3. The Morgan fingerprint density at radius 3 is 1.37 bits per heavy atom. The molecule has 0 fully saturated rings. The maximum atomic E-state index is 13.9. The first kappa shape index (κ1) is 47.4. The number of hydrogen-bond acceptors (Lipinski definition) is 3. The molecule has 0 N–H and O–H groups in total. The lowest BCUT2D eigenvalue weighted by Crippen LogP contribution is -3.00. The van der Waals surface area contributed by atoms with Gasteiger partial charge >= 0.3 is 0 Å². The van der Waals surface area contributed by atoms with Crippen LogP contribution in [0.25, 0.3) is 29.4 Å². The third-order valence-electron chi connectivity index (χ3n) is 11.0. The second-order valence-electron chi connectivity index (χ2n) is 15.7. The maximum absolute atomic E-state index is 13.9. The summed E-state index contributed by atoms with van der Waals surface area (Å²) in [7, 11) is -1.63. The molecule has 2 aliphatic rings. The first-order valence-corrected chi connectivity index (χ1v) is 23.0. The molecule has 3 nitrogen and oxygen atoms in total. The minimum Gasteiger partial charge on any atom is -1.00 e. The highest BCUT2D eigenvalue weighted by molar-refractivity contribution is 7.96. The number of pyridine rings is 2. The van der Waals surface area contributed by atoms with Gasteiger partial charge in [-0.2, -0.15) is 0 Å². The van der Waals surface area contributed by atoms with Crippen LogP contribution in [0.1, 0.15) is 77.0 Å². The van der Waals surface area contributed by atoms with Gasteiger partial charge in [0.15, 0.2) is 6.29 Å². The molecule has 2 aromatic heterocycles. The van der Waals surface area contributed by atoms with Crippen LogP contribution in [0, 0.1) is 11.6 Å². The Hall–Kier alpha value is -5.11. The van der Waals surface area contributed by atoms with Crippen molar-refractivity contribution in [1.82, 2.24) is 9.97 Å². The van der Waals surface area contributed by atoms with Crippen LogP contribution in [-0.4, -0.2) is 21.9 Å². The molecule has 0 bridgehead atoms. The zero-order valence-electron chi connectivity index (χ0n) is 35.4. The minimum atomic E-state index is -1.63. The van der Waals surface area contributed by atoms with Gasteiger partial charge in [-0.25, -0.2) is 18.7 Å². The molecule has 5 aromatic carbocycles. The predicted octanol–water partition coefficient (Wildman–Crippen LogP) is 10.6. The Kier molecular flexibility index (Phi) is 16.2. The summed E-state index contributed by atoms with van der Waals surface area (Å²) >= 11 is 11.9. The molecule has 2 aliphatic carbocycles. The fourth-order valence-corrected chi connectivity index (χ4v) is 13.2. The number of aldehydes is 1. The highest BCUT2D eigenvalue weighted by Crippen LogP contribution is 2.59. The summed E-state index contributed by atoms with van der Waals surface area (Å²) < 4.78 is 27.6. The summed E-state index contributed by atoms with van der Waals surface area (Å²) in [5, 5.41) is 5.15. The van der Waals surface area contributed by atoms with Crippen LogP contribution < -0.4 is 39.9 Å². The van der Waals surface area contributed by atoms with E-state index in [4.69, 9.17) is 23.2 Å². The van der Waals surface area contributed by atoms with Gasteiger partial charge in [0, 0.05) is 34.6 Å². The fraction of sp³-hybridized carbons (Fsp3) is 0.130. The molecule has 0 amide bonds. The molecule has 2 heterocycles. The number of benzene rings is 5. The van der Waals surface area contributed by atoms with Gasteiger partial charge in [-0.3, -0.25) is 4.79 Å². The van der Waals surface area contributed by atoms with Crippen molar-refractivity contribution in [2.45, 2.75) is 46.2 Å². The zero-order valence-corrected chi connectivity index (χ0v) is 39.9. The van der Waals surface area contributed by atoms with Gasteiger partial charge in [0.2, 0.25) is 0 Å². The van der Waals surface area contributed by atoms with E-state index in [1.807, 2.05) is 38.1 Å². The van der Waals surface area contributed by atoms with Crippen molar-refractivity contribution >= 4 is 82.0 Å². The van der Waals surface area contributed by atoms with E-state index in [0.717, 1.165) is 46.1 Å². The van der Waals surface area contributed by atoms with Crippen LogP contribution in [0.4, 0.5) is 8.78 Å². The Morgan fingerprint density at radius 1 is 0.603 bits per heavy atom. The lowest BCUT2D eigenvalue weighted by molar-refractivity contribution is -0.0000197. The van der Waals surface area contributed by atoms with Crippen LogP contribution in [0.3, 0.4) is 0 Å². The van der Waals surface area contributed by atoms with Gasteiger partial charge in [-0.1, -0.05) is 114 Å². The van der Waals surface area contributed by atoms with E-state index in [9.17, 15) is 13.6 Å². The maximum Gasteiger partial charge on any atom is 0.152 e. The molecule has 0 unspecified atom stereocenters. The SMILES string of the molecule is CC(C)=Cc1cnc(Cl)cc1C1=Cc2c(F)cccc2C1.CC(C)[P+](c1ccccc1)(c1ccccc1)c1ccccc1.O=Cc1cnc(Cl)cc1C1=Cc2c(F)cccc2C1.[I-]. The number of fused-ring (bicyclic) bond motifs is 2. The molecule has 9 heteroatoms. The van der Waals surface area contributed by atoms with E-state index in [2.05, 4.69) is 121 Å².